The summed E-state index contributed by atoms with van der Waals surface area (Å²) in [6.07, 6.45) is -3.76. The van der Waals surface area contributed by atoms with Gasteiger partial charge in [0, 0.05) is 44.2 Å². The van der Waals surface area contributed by atoms with Crippen molar-refractivity contribution >= 4 is 12.2 Å². The number of piperidine rings is 1. The zero-order chi connectivity index (χ0) is 23.9. The maximum Gasteiger partial charge on any atom is 0.419 e. The first-order valence-electron chi connectivity index (χ1n) is 10.7. The summed E-state index contributed by atoms with van der Waals surface area (Å²) in [5.74, 6) is -4.54. The van der Waals surface area contributed by atoms with Crippen LogP contribution in [0.5, 0.6) is 0 Å². The Morgan fingerprint density at radius 1 is 1.24 bits per heavy atom. The Labute approximate surface area is 186 Å². The van der Waals surface area contributed by atoms with Crippen LogP contribution in [0.1, 0.15) is 58.6 Å². The number of aromatic amines is 1. The summed E-state index contributed by atoms with van der Waals surface area (Å²) in [7, 11) is 0. The average Bonchev–Trinajstić information content (AvgIpc) is 3.34. The number of alkyl halides is 3. The maximum atomic E-state index is 14.0. The molecular formula is C22H23F5N4O2. The number of carbonyl (C=O) groups excluding carboxylic acids is 2. The lowest BCUT2D eigenvalue weighted by Crippen LogP contribution is -2.39. The van der Waals surface area contributed by atoms with E-state index in [1.54, 1.807) is 0 Å². The number of amides is 1. The lowest BCUT2D eigenvalue weighted by atomic mass is 9.86. The SMILES string of the molecule is CC(C=O)CN1Cc2[nH]nc(C(=O)N3CCC(c4ccc(F)c(F)c4C(F)(F)F)CC3)c2C1. The molecule has 0 aliphatic carbocycles. The van der Waals surface area contributed by atoms with E-state index in [1.165, 1.54) is 4.90 Å². The highest BCUT2D eigenvalue weighted by atomic mass is 19.4. The number of hydrogen-bond acceptors (Lipinski definition) is 4. The molecule has 3 heterocycles. The first kappa shape index (κ1) is 23.3. The molecule has 2 aliphatic rings. The van der Waals surface area contributed by atoms with Crippen molar-refractivity contribution in [2.45, 2.75) is 44.9 Å². The predicted molar refractivity (Wildman–Crippen MR) is 107 cm³/mol. The summed E-state index contributed by atoms with van der Waals surface area (Å²) in [5.41, 5.74) is -0.00668. The largest absolute Gasteiger partial charge is 0.419 e. The molecule has 0 spiro atoms. The van der Waals surface area contributed by atoms with E-state index in [0.717, 1.165) is 23.6 Å². The maximum absolute atomic E-state index is 14.0. The molecule has 1 amide bonds. The van der Waals surface area contributed by atoms with Crippen LogP contribution in [0.15, 0.2) is 12.1 Å². The van der Waals surface area contributed by atoms with Gasteiger partial charge in [0.25, 0.3) is 5.91 Å². The monoisotopic (exact) mass is 470 g/mol. The molecule has 6 nitrogen and oxygen atoms in total. The topological polar surface area (TPSA) is 69.3 Å². The Bertz CT molecular complexity index is 1060. The van der Waals surface area contributed by atoms with Crippen molar-refractivity contribution in [1.82, 2.24) is 20.0 Å². The highest BCUT2D eigenvalue weighted by molar-refractivity contribution is 5.94. The highest BCUT2D eigenvalue weighted by Gasteiger charge is 2.41. The fraction of sp³-hybridized carbons (Fsp3) is 0.500. The molecule has 2 aromatic rings. The second kappa shape index (κ2) is 8.85. The van der Waals surface area contributed by atoms with Gasteiger partial charge >= 0.3 is 6.18 Å². The van der Waals surface area contributed by atoms with E-state index < -0.39 is 29.3 Å². The van der Waals surface area contributed by atoms with Crippen molar-refractivity contribution in [3.63, 3.8) is 0 Å². The van der Waals surface area contributed by atoms with Gasteiger partial charge in [0.1, 0.15) is 6.29 Å². The van der Waals surface area contributed by atoms with E-state index in [1.807, 2.05) is 11.8 Å². The minimum atomic E-state index is -5.02. The van der Waals surface area contributed by atoms with E-state index in [0.29, 0.717) is 25.7 Å². The smallest absolute Gasteiger partial charge is 0.337 e. The number of aromatic nitrogens is 2. The fourth-order valence-corrected chi connectivity index (χ4v) is 4.70. The molecule has 1 unspecified atom stereocenters. The quantitative estimate of drug-likeness (QED) is 0.532. The van der Waals surface area contributed by atoms with E-state index in [-0.39, 0.29) is 49.0 Å². The third kappa shape index (κ3) is 4.50. The minimum absolute atomic E-state index is 0.141. The number of hydrogen-bond donors (Lipinski definition) is 1. The van der Waals surface area contributed by atoms with Gasteiger partial charge in [-0.15, -0.1) is 0 Å². The van der Waals surface area contributed by atoms with Crippen molar-refractivity contribution in [3.05, 3.63) is 51.8 Å². The van der Waals surface area contributed by atoms with Gasteiger partial charge in [-0.05, 0) is 30.4 Å². The van der Waals surface area contributed by atoms with Crippen molar-refractivity contribution in [3.8, 4) is 0 Å². The van der Waals surface area contributed by atoms with Gasteiger partial charge in [0.2, 0.25) is 0 Å². The number of nitrogens with one attached hydrogen (secondary N) is 1. The Balaban J connectivity index is 1.45. The Kier molecular flexibility index (Phi) is 6.26. The minimum Gasteiger partial charge on any atom is -0.337 e. The number of nitrogens with zero attached hydrogens (tertiary/aromatic N) is 3. The number of rotatable bonds is 5. The zero-order valence-electron chi connectivity index (χ0n) is 17.9. The third-order valence-electron chi connectivity index (χ3n) is 6.33. The molecule has 0 saturated carbocycles. The standard InChI is InChI=1S/C22H23F5N4O2/c1-12(11-32)8-30-9-15-17(10-30)28-29-20(15)21(33)31-6-4-13(5-7-31)14-2-3-16(23)19(24)18(14)22(25,26)27/h2-3,11-13H,4-10H2,1H3,(H,28,29). The lowest BCUT2D eigenvalue weighted by molar-refractivity contribution is -0.141. The molecule has 11 heteroatoms. The van der Waals surface area contributed by atoms with Gasteiger partial charge in [0.05, 0.1) is 11.3 Å². The molecule has 1 atom stereocenters. The molecule has 2 aliphatic heterocycles. The number of fused-ring (bicyclic) bond motifs is 1. The summed E-state index contributed by atoms with van der Waals surface area (Å²) in [5, 5.41) is 7.01. The molecule has 33 heavy (non-hydrogen) atoms. The predicted octanol–water partition coefficient (Wildman–Crippen LogP) is 3.88. The van der Waals surface area contributed by atoms with Gasteiger partial charge in [-0.1, -0.05) is 13.0 Å². The van der Waals surface area contributed by atoms with Crippen molar-refractivity contribution in [2.75, 3.05) is 19.6 Å². The van der Waals surface area contributed by atoms with Crippen LogP contribution < -0.4 is 0 Å². The highest BCUT2D eigenvalue weighted by Crippen LogP contribution is 2.41. The van der Waals surface area contributed by atoms with Crippen LogP contribution in [0.2, 0.25) is 0 Å². The van der Waals surface area contributed by atoms with Crippen molar-refractivity contribution in [1.29, 1.82) is 0 Å². The van der Waals surface area contributed by atoms with Crippen LogP contribution in [0.25, 0.3) is 0 Å². The number of likely N-dealkylation sites (tertiary alicyclic amines) is 1. The van der Waals surface area contributed by atoms with Crippen LogP contribution in [0.4, 0.5) is 22.0 Å². The van der Waals surface area contributed by atoms with Crippen LogP contribution in [-0.4, -0.2) is 51.8 Å². The number of carbonyl (C=O) groups is 2. The molecule has 1 fully saturated rings. The second-order valence-corrected chi connectivity index (χ2v) is 8.70. The van der Waals surface area contributed by atoms with Gasteiger partial charge in [0.15, 0.2) is 17.3 Å². The van der Waals surface area contributed by atoms with E-state index in [4.69, 9.17) is 0 Å². The van der Waals surface area contributed by atoms with Crippen molar-refractivity contribution < 1.29 is 31.5 Å². The summed E-state index contributed by atoms with van der Waals surface area (Å²) in [6, 6.07) is 1.70. The van der Waals surface area contributed by atoms with Crippen LogP contribution in [0.3, 0.4) is 0 Å². The Morgan fingerprint density at radius 2 is 1.94 bits per heavy atom. The van der Waals surface area contributed by atoms with Crippen molar-refractivity contribution in [2.24, 2.45) is 5.92 Å². The molecule has 1 aromatic heterocycles. The molecule has 4 rings (SSSR count). The Morgan fingerprint density at radius 3 is 2.58 bits per heavy atom. The third-order valence-corrected chi connectivity index (χ3v) is 6.33. The molecule has 1 N–H and O–H groups in total. The van der Waals surface area contributed by atoms with Crippen LogP contribution in [0, 0.1) is 17.6 Å². The summed E-state index contributed by atoms with van der Waals surface area (Å²) < 4.78 is 67.6. The van der Waals surface area contributed by atoms with E-state index in [2.05, 4.69) is 10.2 Å². The first-order valence-corrected chi connectivity index (χ1v) is 10.7. The number of aldehydes is 1. The molecule has 1 aromatic carbocycles. The Hall–Kier alpha value is -2.82. The molecule has 0 bridgehead atoms. The average molecular weight is 470 g/mol. The fourth-order valence-electron chi connectivity index (χ4n) is 4.70. The van der Waals surface area contributed by atoms with Crippen LogP contribution in [-0.2, 0) is 24.1 Å². The van der Waals surface area contributed by atoms with Gasteiger partial charge in [-0.2, -0.15) is 18.3 Å². The summed E-state index contributed by atoms with van der Waals surface area (Å²) >= 11 is 0. The zero-order valence-corrected chi connectivity index (χ0v) is 17.9. The lowest BCUT2D eigenvalue weighted by Gasteiger charge is -2.33. The van der Waals surface area contributed by atoms with Gasteiger partial charge < -0.3 is 9.69 Å². The van der Waals surface area contributed by atoms with Crippen LogP contribution >= 0.6 is 0 Å². The van der Waals surface area contributed by atoms with Gasteiger partial charge in [-0.25, -0.2) is 8.78 Å². The normalized spacial score (nSPS) is 18.4. The summed E-state index contributed by atoms with van der Waals surface area (Å²) in [4.78, 5) is 27.5. The second-order valence-electron chi connectivity index (χ2n) is 8.70. The number of halogens is 5. The summed E-state index contributed by atoms with van der Waals surface area (Å²) in [6.45, 7) is 3.74. The van der Waals surface area contributed by atoms with E-state index >= 15 is 0 Å². The van der Waals surface area contributed by atoms with Gasteiger partial charge in [-0.3, -0.25) is 14.8 Å². The number of H-pyrrole nitrogens is 1. The molecule has 0 radical (unpaired) electrons. The molecular weight excluding hydrogens is 447 g/mol. The molecule has 1 saturated heterocycles. The van der Waals surface area contributed by atoms with E-state index in [9.17, 15) is 31.5 Å². The number of benzene rings is 1. The first-order chi connectivity index (χ1) is 15.6. The molecule has 178 valence electrons.